The molecule has 5 nitrogen and oxygen atoms in total. The van der Waals surface area contributed by atoms with Crippen molar-refractivity contribution in [1.82, 2.24) is 14.8 Å². The van der Waals surface area contributed by atoms with Crippen molar-refractivity contribution in [2.45, 2.75) is 33.2 Å². The maximum absolute atomic E-state index is 12.7. The smallest absolute Gasteiger partial charge is 0.253 e. The van der Waals surface area contributed by atoms with Gasteiger partial charge in [-0.15, -0.1) is 11.3 Å². The first-order valence-corrected chi connectivity index (χ1v) is 12.5. The van der Waals surface area contributed by atoms with Gasteiger partial charge in [0.15, 0.2) is 0 Å². The highest BCUT2D eigenvalue weighted by Crippen LogP contribution is 2.34. The largest absolute Gasteiger partial charge is 0.508 e. The van der Waals surface area contributed by atoms with E-state index < -0.39 is 0 Å². The van der Waals surface area contributed by atoms with Gasteiger partial charge in [-0.3, -0.25) is 9.69 Å². The molecule has 0 atom stereocenters. The van der Waals surface area contributed by atoms with Crippen molar-refractivity contribution in [2.75, 3.05) is 26.2 Å². The number of rotatable bonds is 7. The lowest BCUT2D eigenvalue weighted by Gasteiger charge is -2.29. The third-order valence-electron chi connectivity index (χ3n) is 6.26. The number of nitrogens with zero attached hydrogens (tertiary/aromatic N) is 3. The first kappa shape index (κ1) is 23.2. The minimum absolute atomic E-state index is 0.0635. The Bertz CT molecular complexity index is 1090. The molecule has 6 heteroatoms. The van der Waals surface area contributed by atoms with Crippen LogP contribution in [0.15, 0.2) is 65.7 Å². The van der Waals surface area contributed by atoms with Crippen LogP contribution in [0.2, 0.25) is 0 Å². The Morgan fingerprint density at radius 2 is 1.73 bits per heavy atom. The minimum Gasteiger partial charge on any atom is -0.508 e. The van der Waals surface area contributed by atoms with Gasteiger partial charge in [-0.05, 0) is 67.7 Å². The summed E-state index contributed by atoms with van der Waals surface area (Å²) in [5.74, 6) is 0.328. The van der Waals surface area contributed by atoms with Crippen LogP contribution in [0.5, 0.6) is 5.75 Å². The van der Waals surface area contributed by atoms with Gasteiger partial charge in [0.05, 0.1) is 6.54 Å². The fraction of sp³-hybridized carbons (Fsp3) is 0.333. The summed E-state index contributed by atoms with van der Waals surface area (Å²) in [4.78, 5) is 21.5. The Balaban J connectivity index is 1.62. The molecule has 1 aliphatic rings. The zero-order valence-electron chi connectivity index (χ0n) is 19.3. The summed E-state index contributed by atoms with van der Waals surface area (Å²) in [7, 11) is 0. The topological polar surface area (TPSA) is 56.7 Å². The van der Waals surface area contributed by atoms with Crippen LogP contribution in [-0.2, 0) is 6.54 Å². The molecule has 0 spiro atoms. The number of phenols is 1. The van der Waals surface area contributed by atoms with Crippen LogP contribution in [0.25, 0.3) is 5.57 Å². The van der Waals surface area contributed by atoms with Crippen LogP contribution in [0, 0.1) is 0 Å². The number of carbonyl (C=O) groups is 1. The van der Waals surface area contributed by atoms with Gasteiger partial charge in [-0.1, -0.05) is 29.8 Å². The van der Waals surface area contributed by atoms with Crippen molar-refractivity contribution in [3.05, 3.63) is 87.4 Å². The number of hydrogen-bond acceptors (Lipinski definition) is 5. The zero-order chi connectivity index (χ0) is 23.2. The summed E-state index contributed by atoms with van der Waals surface area (Å²) in [6, 6.07) is 15.4. The van der Waals surface area contributed by atoms with Crippen molar-refractivity contribution in [3.63, 3.8) is 0 Å². The van der Waals surface area contributed by atoms with E-state index in [9.17, 15) is 9.90 Å². The number of hydrogen-bond donors (Lipinski definition) is 1. The minimum atomic E-state index is 0.0635. The number of aromatic nitrogens is 1. The van der Waals surface area contributed by atoms with E-state index in [1.165, 1.54) is 11.1 Å². The quantitative estimate of drug-likeness (QED) is 0.510. The van der Waals surface area contributed by atoms with E-state index >= 15 is 0 Å². The van der Waals surface area contributed by atoms with E-state index in [-0.39, 0.29) is 11.7 Å². The Kier molecular flexibility index (Phi) is 7.57. The highest BCUT2D eigenvalue weighted by Gasteiger charge is 2.21. The molecule has 2 heterocycles. The predicted octanol–water partition coefficient (Wildman–Crippen LogP) is 5.43. The normalized spacial score (nSPS) is 14.3. The fourth-order valence-electron chi connectivity index (χ4n) is 4.46. The van der Waals surface area contributed by atoms with Crippen LogP contribution < -0.4 is 0 Å². The second-order valence-corrected chi connectivity index (χ2v) is 9.26. The molecule has 3 aromatic rings. The maximum atomic E-state index is 12.7. The predicted molar refractivity (Wildman–Crippen MR) is 134 cm³/mol. The van der Waals surface area contributed by atoms with Gasteiger partial charge >= 0.3 is 0 Å². The van der Waals surface area contributed by atoms with Gasteiger partial charge in [0, 0.05) is 43.3 Å². The number of piperidine rings is 1. The highest BCUT2D eigenvalue weighted by molar-refractivity contribution is 7.09. The summed E-state index contributed by atoms with van der Waals surface area (Å²) < 4.78 is 0. The maximum Gasteiger partial charge on any atom is 0.253 e. The Labute approximate surface area is 200 Å². The Hall–Kier alpha value is -2.96. The molecule has 1 amide bonds. The molecule has 2 aromatic carbocycles. The van der Waals surface area contributed by atoms with Gasteiger partial charge in [0.25, 0.3) is 5.91 Å². The van der Waals surface area contributed by atoms with E-state index in [0.29, 0.717) is 18.7 Å². The average molecular weight is 462 g/mol. The van der Waals surface area contributed by atoms with E-state index in [0.717, 1.165) is 48.6 Å². The second-order valence-electron chi connectivity index (χ2n) is 8.29. The summed E-state index contributed by atoms with van der Waals surface area (Å²) in [6.07, 6.45) is 3.80. The van der Waals surface area contributed by atoms with Crippen molar-refractivity contribution < 1.29 is 9.90 Å². The van der Waals surface area contributed by atoms with Crippen LogP contribution >= 0.6 is 11.3 Å². The highest BCUT2D eigenvalue weighted by atomic mass is 32.1. The molecule has 1 aromatic heterocycles. The van der Waals surface area contributed by atoms with Gasteiger partial charge in [0.2, 0.25) is 0 Å². The molecule has 0 radical (unpaired) electrons. The SMILES string of the molecule is CCN(CC)C(=O)c1ccc(C(=C2CCN(Cc3nccs3)CC2)c2cccc(O)c2)cc1. The molecule has 0 bridgehead atoms. The fourth-order valence-corrected chi connectivity index (χ4v) is 5.12. The van der Waals surface area contributed by atoms with Gasteiger partial charge in [0.1, 0.15) is 10.8 Å². The van der Waals surface area contributed by atoms with E-state index in [4.69, 9.17) is 0 Å². The van der Waals surface area contributed by atoms with Crippen molar-refractivity contribution >= 4 is 22.8 Å². The van der Waals surface area contributed by atoms with Gasteiger partial charge in [-0.2, -0.15) is 0 Å². The molecule has 1 fully saturated rings. The van der Waals surface area contributed by atoms with Crippen LogP contribution in [0.3, 0.4) is 0 Å². The Morgan fingerprint density at radius 3 is 2.33 bits per heavy atom. The van der Waals surface area contributed by atoms with E-state index in [2.05, 4.69) is 16.0 Å². The third kappa shape index (κ3) is 5.52. The molecule has 0 aliphatic carbocycles. The number of phenolic OH excluding ortho intramolecular Hbond substituents is 1. The molecule has 0 saturated carbocycles. The first-order chi connectivity index (χ1) is 16.1. The second kappa shape index (κ2) is 10.8. The number of carbonyl (C=O) groups excluding carboxylic acids is 1. The molecule has 0 unspecified atom stereocenters. The van der Waals surface area contributed by atoms with E-state index in [1.54, 1.807) is 17.4 Å². The number of aromatic hydroxyl groups is 1. The molecule has 4 rings (SSSR count). The van der Waals surface area contributed by atoms with Crippen LogP contribution in [-0.4, -0.2) is 52.0 Å². The molecular weight excluding hydrogens is 430 g/mol. The molecule has 1 aliphatic heterocycles. The molecular formula is C27H31N3O2S. The summed E-state index contributed by atoms with van der Waals surface area (Å²) in [5.41, 5.74) is 5.36. The van der Waals surface area contributed by atoms with Crippen molar-refractivity contribution in [2.24, 2.45) is 0 Å². The standard InChI is InChI=1S/C27H31N3O2S/c1-3-30(4-2)27(32)22-10-8-20(9-11-22)26(23-6-5-7-24(31)18-23)21-12-15-29(16-13-21)19-25-28-14-17-33-25/h5-11,14,17-18,31H,3-4,12-13,15-16,19H2,1-2H3. The van der Waals surface area contributed by atoms with Crippen molar-refractivity contribution in [3.8, 4) is 5.75 Å². The molecule has 33 heavy (non-hydrogen) atoms. The summed E-state index contributed by atoms with van der Waals surface area (Å²) in [5, 5.41) is 13.3. The van der Waals surface area contributed by atoms with Crippen LogP contribution in [0.1, 0.15) is 53.2 Å². The van der Waals surface area contributed by atoms with E-state index in [1.807, 2.05) is 66.7 Å². The lowest BCUT2D eigenvalue weighted by atomic mass is 9.88. The first-order valence-electron chi connectivity index (χ1n) is 11.6. The summed E-state index contributed by atoms with van der Waals surface area (Å²) in [6.45, 7) is 8.27. The number of benzene rings is 2. The molecule has 1 N–H and O–H groups in total. The van der Waals surface area contributed by atoms with Gasteiger partial charge in [-0.25, -0.2) is 4.98 Å². The monoisotopic (exact) mass is 461 g/mol. The number of thiazole rings is 1. The third-order valence-corrected chi connectivity index (χ3v) is 7.03. The van der Waals surface area contributed by atoms with Crippen LogP contribution in [0.4, 0.5) is 0 Å². The lowest BCUT2D eigenvalue weighted by Crippen LogP contribution is -2.30. The van der Waals surface area contributed by atoms with Crippen molar-refractivity contribution in [1.29, 1.82) is 0 Å². The average Bonchev–Trinajstić information content (AvgIpc) is 3.35. The molecule has 172 valence electrons. The Morgan fingerprint density at radius 1 is 1.03 bits per heavy atom. The zero-order valence-corrected chi connectivity index (χ0v) is 20.1. The van der Waals surface area contributed by atoms with Gasteiger partial charge < -0.3 is 10.0 Å². The summed E-state index contributed by atoms with van der Waals surface area (Å²) >= 11 is 1.70. The molecule has 1 saturated heterocycles. The lowest BCUT2D eigenvalue weighted by molar-refractivity contribution is 0.0773. The number of amides is 1. The number of likely N-dealkylation sites (tertiary alicyclic amines) is 1.